The highest BCUT2D eigenvalue weighted by Crippen LogP contribution is 2.26. The monoisotopic (exact) mass is 265 g/mol. The van der Waals surface area contributed by atoms with Crippen molar-refractivity contribution in [3.8, 4) is 0 Å². The maximum atomic E-state index is 11.5. The number of thiophene rings is 1. The third-order valence-corrected chi connectivity index (χ3v) is 3.35. The van der Waals surface area contributed by atoms with Crippen LogP contribution in [0.15, 0.2) is 11.4 Å². The zero-order chi connectivity index (χ0) is 13.1. The van der Waals surface area contributed by atoms with Crippen LogP contribution in [-0.2, 0) is 4.79 Å². The van der Waals surface area contributed by atoms with Crippen LogP contribution >= 0.6 is 11.3 Å². The molecule has 0 fully saturated rings. The van der Waals surface area contributed by atoms with Crippen molar-refractivity contribution < 1.29 is 4.79 Å². The Bertz CT molecular complexity index is 568. The Morgan fingerprint density at radius 2 is 2.17 bits per heavy atom. The van der Waals surface area contributed by atoms with Gasteiger partial charge < -0.3 is 16.0 Å². The average molecular weight is 265 g/mol. The van der Waals surface area contributed by atoms with Crippen molar-refractivity contribution in [2.75, 3.05) is 24.7 Å². The first kappa shape index (κ1) is 12.6. The predicted octanol–water partition coefficient (Wildman–Crippen LogP) is 1.28. The molecule has 2 heterocycles. The van der Waals surface area contributed by atoms with Gasteiger partial charge in [0.2, 0.25) is 11.9 Å². The predicted molar refractivity (Wildman–Crippen MR) is 74.1 cm³/mol. The Hall–Kier alpha value is -1.89. The van der Waals surface area contributed by atoms with E-state index in [4.69, 9.17) is 0 Å². The fourth-order valence-electron chi connectivity index (χ4n) is 1.56. The molecule has 0 saturated heterocycles. The number of nitrogens with zero attached hydrogens (tertiary/aromatic N) is 2. The third-order valence-electron chi connectivity index (χ3n) is 2.54. The lowest BCUT2D eigenvalue weighted by Crippen LogP contribution is -2.35. The molecule has 1 amide bonds. The molecule has 96 valence electrons. The molecule has 1 atom stereocenters. The Morgan fingerprint density at radius 3 is 2.83 bits per heavy atom. The van der Waals surface area contributed by atoms with E-state index in [1.54, 1.807) is 32.4 Å². The smallest absolute Gasteiger partial charge is 0.241 e. The zero-order valence-electron chi connectivity index (χ0n) is 10.4. The first-order chi connectivity index (χ1) is 8.65. The number of carbonyl (C=O) groups is 1. The van der Waals surface area contributed by atoms with Gasteiger partial charge >= 0.3 is 0 Å². The van der Waals surface area contributed by atoms with E-state index in [2.05, 4.69) is 25.9 Å². The average Bonchev–Trinajstić information content (AvgIpc) is 2.85. The molecule has 0 aliphatic heterocycles. The van der Waals surface area contributed by atoms with Crippen molar-refractivity contribution in [3.05, 3.63) is 11.4 Å². The molecule has 0 spiro atoms. The van der Waals surface area contributed by atoms with E-state index in [0.29, 0.717) is 11.8 Å². The molecule has 0 saturated carbocycles. The number of anilines is 2. The van der Waals surface area contributed by atoms with Crippen molar-refractivity contribution in [2.24, 2.45) is 0 Å². The van der Waals surface area contributed by atoms with Crippen LogP contribution in [0.3, 0.4) is 0 Å². The Kier molecular flexibility index (Phi) is 3.61. The van der Waals surface area contributed by atoms with E-state index >= 15 is 0 Å². The van der Waals surface area contributed by atoms with E-state index in [1.165, 1.54) is 0 Å². The first-order valence-electron chi connectivity index (χ1n) is 5.57. The summed E-state index contributed by atoms with van der Waals surface area (Å²) in [7, 11) is 3.38. The molecule has 2 aromatic rings. The van der Waals surface area contributed by atoms with Gasteiger partial charge in [-0.2, -0.15) is 4.98 Å². The number of carbonyl (C=O) groups excluding carboxylic acids is 1. The molecule has 1 unspecified atom stereocenters. The summed E-state index contributed by atoms with van der Waals surface area (Å²) in [5.74, 6) is 1.13. The number of likely N-dealkylation sites (N-methyl/N-ethyl adjacent to an activating group) is 1. The fraction of sp³-hybridized carbons (Fsp3) is 0.364. The van der Waals surface area contributed by atoms with Gasteiger partial charge in [-0.25, -0.2) is 4.98 Å². The highest BCUT2D eigenvalue weighted by Gasteiger charge is 2.14. The maximum absolute atomic E-state index is 11.5. The van der Waals surface area contributed by atoms with Crippen molar-refractivity contribution in [1.29, 1.82) is 0 Å². The standard InChI is InChI=1S/C11H15N5OS/c1-6(9(17)12-2)14-8-7-4-5-18-10(7)16-11(13-3)15-8/h4-6H,1-3H3,(H,12,17)(H2,13,14,15,16). The van der Waals surface area contributed by atoms with E-state index in [-0.39, 0.29) is 11.9 Å². The third kappa shape index (κ3) is 2.35. The number of aromatic nitrogens is 2. The van der Waals surface area contributed by atoms with Gasteiger partial charge in [-0.1, -0.05) is 0 Å². The van der Waals surface area contributed by atoms with Crippen LogP contribution in [0.1, 0.15) is 6.92 Å². The van der Waals surface area contributed by atoms with Gasteiger partial charge in [0.25, 0.3) is 0 Å². The second-order valence-electron chi connectivity index (χ2n) is 3.77. The molecule has 0 bridgehead atoms. The largest absolute Gasteiger partial charge is 0.358 e. The minimum atomic E-state index is -0.349. The van der Waals surface area contributed by atoms with Crippen molar-refractivity contribution in [1.82, 2.24) is 15.3 Å². The molecule has 18 heavy (non-hydrogen) atoms. The number of hydrogen-bond acceptors (Lipinski definition) is 6. The minimum Gasteiger partial charge on any atom is -0.358 e. The molecule has 2 rings (SSSR count). The van der Waals surface area contributed by atoms with Gasteiger partial charge in [0.05, 0.1) is 5.39 Å². The summed E-state index contributed by atoms with van der Waals surface area (Å²) >= 11 is 1.54. The van der Waals surface area contributed by atoms with Gasteiger partial charge in [0, 0.05) is 14.1 Å². The molecule has 0 aliphatic carbocycles. The molecule has 0 aliphatic rings. The van der Waals surface area contributed by atoms with Gasteiger partial charge in [-0.3, -0.25) is 4.79 Å². The first-order valence-corrected chi connectivity index (χ1v) is 6.44. The van der Waals surface area contributed by atoms with Crippen molar-refractivity contribution >= 4 is 39.2 Å². The lowest BCUT2D eigenvalue weighted by molar-refractivity contribution is -0.121. The van der Waals surface area contributed by atoms with E-state index in [0.717, 1.165) is 10.2 Å². The zero-order valence-corrected chi connectivity index (χ0v) is 11.3. The Balaban J connectivity index is 2.36. The number of rotatable bonds is 4. The normalized spacial score (nSPS) is 12.2. The summed E-state index contributed by atoms with van der Waals surface area (Å²) in [5, 5.41) is 11.5. The summed E-state index contributed by atoms with van der Waals surface area (Å²) in [5.41, 5.74) is 0. The summed E-state index contributed by atoms with van der Waals surface area (Å²) in [6.07, 6.45) is 0. The highest BCUT2D eigenvalue weighted by molar-refractivity contribution is 7.16. The number of hydrogen-bond donors (Lipinski definition) is 3. The number of nitrogens with one attached hydrogen (secondary N) is 3. The van der Waals surface area contributed by atoms with Gasteiger partial charge in [-0.05, 0) is 18.4 Å². The quantitative estimate of drug-likeness (QED) is 0.776. The second kappa shape index (κ2) is 5.18. The summed E-state index contributed by atoms with van der Waals surface area (Å²) in [6.45, 7) is 1.79. The van der Waals surface area contributed by atoms with Crippen molar-refractivity contribution in [3.63, 3.8) is 0 Å². The molecule has 2 aromatic heterocycles. The summed E-state index contributed by atoms with van der Waals surface area (Å²) < 4.78 is 0. The highest BCUT2D eigenvalue weighted by atomic mass is 32.1. The Labute approximate surface area is 109 Å². The molecule has 7 heteroatoms. The lowest BCUT2D eigenvalue weighted by Gasteiger charge is -2.14. The van der Waals surface area contributed by atoms with Crippen LogP contribution in [0.2, 0.25) is 0 Å². The van der Waals surface area contributed by atoms with E-state index in [1.807, 2.05) is 11.4 Å². The van der Waals surface area contributed by atoms with Crippen LogP contribution in [0.25, 0.3) is 10.2 Å². The number of fused-ring (bicyclic) bond motifs is 1. The van der Waals surface area contributed by atoms with Crippen LogP contribution in [0.5, 0.6) is 0 Å². The molecular formula is C11H15N5OS. The van der Waals surface area contributed by atoms with Gasteiger partial charge in [-0.15, -0.1) is 11.3 Å². The van der Waals surface area contributed by atoms with Crippen molar-refractivity contribution in [2.45, 2.75) is 13.0 Å². The lowest BCUT2D eigenvalue weighted by atomic mass is 10.3. The van der Waals surface area contributed by atoms with Crippen LogP contribution in [0, 0.1) is 0 Å². The molecule has 0 aromatic carbocycles. The summed E-state index contributed by atoms with van der Waals surface area (Å²) in [6, 6.07) is 1.59. The second-order valence-corrected chi connectivity index (χ2v) is 4.66. The SMILES string of the molecule is CNC(=O)C(C)Nc1nc(NC)nc2sccc12. The Morgan fingerprint density at radius 1 is 1.39 bits per heavy atom. The topological polar surface area (TPSA) is 78.9 Å². The number of amides is 1. The molecular weight excluding hydrogens is 250 g/mol. The van der Waals surface area contributed by atoms with Crippen LogP contribution in [-0.4, -0.2) is 36.0 Å². The van der Waals surface area contributed by atoms with Crippen LogP contribution < -0.4 is 16.0 Å². The molecule has 6 nitrogen and oxygen atoms in total. The molecule has 0 radical (unpaired) electrons. The van der Waals surface area contributed by atoms with E-state index < -0.39 is 0 Å². The van der Waals surface area contributed by atoms with Gasteiger partial charge in [0.15, 0.2) is 0 Å². The summed E-state index contributed by atoms with van der Waals surface area (Å²) in [4.78, 5) is 21.1. The van der Waals surface area contributed by atoms with Gasteiger partial charge in [0.1, 0.15) is 16.7 Å². The minimum absolute atomic E-state index is 0.0806. The fourth-order valence-corrected chi connectivity index (χ4v) is 2.33. The molecule has 3 N–H and O–H groups in total. The maximum Gasteiger partial charge on any atom is 0.241 e. The van der Waals surface area contributed by atoms with E-state index in [9.17, 15) is 4.79 Å². The van der Waals surface area contributed by atoms with Crippen LogP contribution in [0.4, 0.5) is 11.8 Å².